The summed E-state index contributed by atoms with van der Waals surface area (Å²) >= 11 is 1.70. The Morgan fingerprint density at radius 1 is 1.53 bits per heavy atom. The Kier molecular flexibility index (Phi) is 5.10. The molecule has 1 aromatic rings. The smallest absolute Gasteiger partial charge is 0.313 e. The highest BCUT2D eigenvalue weighted by molar-refractivity contribution is 7.99. The second-order valence-corrected chi connectivity index (χ2v) is 6.55. The Morgan fingerprint density at radius 3 is 2.84 bits per heavy atom. The molecule has 2 atom stereocenters. The van der Waals surface area contributed by atoms with Gasteiger partial charge in [0.05, 0.1) is 0 Å². The highest BCUT2D eigenvalue weighted by Crippen LogP contribution is 2.37. The van der Waals surface area contributed by atoms with Gasteiger partial charge in [0.2, 0.25) is 0 Å². The molecule has 2 unspecified atom stereocenters. The second kappa shape index (κ2) is 6.61. The van der Waals surface area contributed by atoms with Crippen LogP contribution in [-0.4, -0.2) is 32.6 Å². The molecule has 0 radical (unpaired) electrons. The molecule has 2 N–H and O–H groups in total. The number of rotatable bonds is 8. The van der Waals surface area contributed by atoms with Gasteiger partial charge in [-0.15, -0.1) is 5.10 Å². The molecule has 1 aliphatic rings. The summed E-state index contributed by atoms with van der Waals surface area (Å²) in [5.74, 6) is 0. The molecular formula is C13H24N4OS. The number of hydrogen-bond acceptors (Lipinski definition) is 4. The molecule has 0 bridgehead atoms. The lowest BCUT2D eigenvalue weighted by Crippen LogP contribution is -2.36. The summed E-state index contributed by atoms with van der Waals surface area (Å²) in [4.78, 5) is 11.7. The summed E-state index contributed by atoms with van der Waals surface area (Å²) in [7, 11) is 0. The Morgan fingerprint density at radius 2 is 2.26 bits per heavy atom. The SMILES string of the molecule is CCCNC(CC)C(C)Sc1n[nH]c(=O)n1C1CC1. The Hall–Kier alpha value is -0.750. The Bertz CT molecular complexity index is 452. The number of aromatic nitrogens is 3. The van der Waals surface area contributed by atoms with Crippen molar-refractivity contribution in [3.63, 3.8) is 0 Å². The topological polar surface area (TPSA) is 62.7 Å². The number of nitrogens with zero attached hydrogens (tertiary/aromatic N) is 2. The van der Waals surface area contributed by atoms with Gasteiger partial charge in [-0.2, -0.15) is 0 Å². The van der Waals surface area contributed by atoms with E-state index < -0.39 is 0 Å². The highest BCUT2D eigenvalue weighted by Gasteiger charge is 2.29. The highest BCUT2D eigenvalue weighted by atomic mass is 32.2. The predicted octanol–water partition coefficient (Wildman–Crippen LogP) is 2.17. The standard InChI is InChI=1S/C13H24N4OS/c1-4-8-14-11(5-2)9(3)19-13-16-15-12(18)17(13)10-6-7-10/h9-11,14H,4-8H2,1-3H3,(H,15,18). The van der Waals surface area contributed by atoms with E-state index in [4.69, 9.17) is 0 Å². The predicted molar refractivity (Wildman–Crippen MR) is 78.8 cm³/mol. The third kappa shape index (κ3) is 3.63. The van der Waals surface area contributed by atoms with Gasteiger partial charge < -0.3 is 5.32 Å². The maximum Gasteiger partial charge on any atom is 0.344 e. The molecule has 1 aliphatic carbocycles. The minimum absolute atomic E-state index is 0.0632. The molecular weight excluding hydrogens is 260 g/mol. The van der Waals surface area contributed by atoms with Gasteiger partial charge in [-0.3, -0.25) is 4.57 Å². The monoisotopic (exact) mass is 284 g/mol. The summed E-state index contributed by atoms with van der Waals surface area (Å²) in [6, 6.07) is 0.842. The molecule has 6 heteroatoms. The van der Waals surface area contributed by atoms with E-state index in [9.17, 15) is 4.79 Å². The third-order valence-corrected chi connectivity index (χ3v) is 4.74. The third-order valence-electron chi connectivity index (χ3n) is 3.54. The minimum atomic E-state index is -0.0632. The van der Waals surface area contributed by atoms with Crippen LogP contribution in [0.25, 0.3) is 0 Å². The summed E-state index contributed by atoms with van der Waals surface area (Å²) in [5.41, 5.74) is -0.0632. The van der Waals surface area contributed by atoms with Gasteiger partial charge in [-0.05, 0) is 32.2 Å². The van der Waals surface area contributed by atoms with Gasteiger partial charge in [-0.25, -0.2) is 9.89 Å². The first-order valence-corrected chi connectivity index (χ1v) is 8.12. The van der Waals surface area contributed by atoms with Crippen LogP contribution in [0, 0.1) is 0 Å². The number of hydrogen-bond donors (Lipinski definition) is 2. The summed E-state index contributed by atoms with van der Waals surface area (Å²) in [6.45, 7) is 7.62. The van der Waals surface area contributed by atoms with Gasteiger partial charge >= 0.3 is 5.69 Å². The van der Waals surface area contributed by atoms with E-state index in [1.54, 1.807) is 11.8 Å². The van der Waals surface area contributed by atoms with Crippen LogP contribution in [0.2, 0.25) is 0 Å². The fourth-order valence-electron chi connectivity index (χ4n) is 2.25. The number of aromatic amines is 1. The van der Waals surface area contributed by atoms with Crippen LogP contribution in [0.15, 0.2) is 9.95 Å². The molecule has 2 rings (SSSR count). The lowest BCUT2D eigenvalue weighted by Gasteiger charge is -2.23. The first kappa shape index (κ1) is 14.7. The van der Waals surface area contributed by atoms with E-state index in [0.717, 1.165) is 37.4 Å². The first-order chi connectivity index (χ1) is 9.17. The summed E-state index contributed by atoms with van der Waals surface area (Å²) < 4.78 is 1.83. The second-order valence-electron chi connectivity index (χ2n) is 5.20. The van der Waals surface area contributed by atoms with Crippen molar-refractivity contribution < 1.29 is 0 Å². The maximum absolute atomic E-state index is 11.7. The van der Waals surface area contributed by atoms with Gasteiger partial charge in [0.1, 0.15) is 0 Å². The lowest BCUT2D eigenvalue weighted by molar-refractivity contribution is 0.492. The molecule has 5 nitrogen and oxygen atoms in total. The molecule has 1 aromatic heterocycles. The van der Waals surface area contributed by atoms with Gasteiger partial charge in [-0.1, -0.05) is 32.5 Å². The summed E-state index contributed by atoms with van der Waals surface area (Å²) in [5, 5.41) is 11.6. The van der Waals surface area contributed by atoms with Crippen molar-refractivity contribution in [2.24, 2.45) is 0 Å². The minimum Gasteiger partial charge on any atom is -0.313 e. The Labute approximate surface area is 118 Å². The van der Waals surface area contributed by atoms with Crippen LogP contribution >= 0.6 is 11.8 Å². The molecule has 0 amide bonds. The van der Waals surface area contributed by atoms with Crippen LogP contribution in [-0.2, 0) is 0 Å². The zero-order valence-electron chi connectivity index (χ0n) is 12.0. The fourth-order valence-corrected chi connectivity index (χ4v) is 3.48. The van der Waals surface area contributed by atoms with Crippen molar-refractivity contribution >= 4 is 11.8 Å². The van der Waals surface area contributed by atoms with Crippen molar-refractivity contribution in [3.8, 4) is 0 Å². The van der Waals surface area contributed by atoms with E-state index in [0.29, 0.717) is 17.3 Å². The zero-order valence-corrected chi connectivity index (χ0v) is 12.8. The van der Waals surface area contributed by atoms with Crippen LogP contribution in [0.4, 0.5) is 0 Å². The van der Waals surface area contributed by atoms with Crippen LogP contribution in [0.3, 0.4) is 0 Å². The van der Waals surface area contributed by atoms with E-state index in [-0.39, 0.29) is 5.69 Å². The zero-order chi connectivity index (χ0) is 13.8. The van der Waals surface area contributed by atoms with E-state index >= 15 is 0 Å². The van der Waals surface area contributed by atoms with Crippen molar-refractivity contribution in [2.75, 3.05) is 6.54 Å². The van der Waals surface area contributed by atoms with E-state index in [2.05, 4.69) is 36.3 Å². The normalized spacial score (nSPS) is 18.5. The molecule has 19 heavy (non-hydrogen) atoms. The molecule has 1 saturated carbocycles. The van der Waals surface area contributed by atoms with Crippen LogP contribution < -0.4 is 11.0 Å². The number of thioether (sulfide) groups is 1. The molecule has 1 fully saturated rings. The molecule has 108 valence electrons. The van der Waals surface area contributed by atoms with Gasteiger partial charge in [0, 0.05) is 17.3 Å². The fraction of sp³-hybridized carbons (Fsp3) is 0.846. The van der Waals surface area contributed by atoms with Crippen molar-refractivity contribution in [2.45, 2.75) is 68.9 Å². The molecule has 0 aliphatic heterocycles. The van der Waals surface area contributed by atoms with Crippen LogP contribution in [0.5, 0.6) is 0 Å². The van der Waals surface area contributed by atoms with Crippen molar-refractivity contribution in [1.29, 1.82) is 0 Å². The van der Waals surface area contributed by atoms with Gasteiger partial charge in [0.15, 0.2) is 5.16 Å². The molecule has 0 aromatic carbocycles. The van der Waals surface area contributed by atoms with Crippen molar-refractivity contribution in [1.82, 2.24) is 20.1 Å². The maximum atomic E-state index is 11.7. The summed E-state index contributed by atoms with van der Waals surface area (Å²) in [6.07, 6.45) is 4.44. The first-order valence-electron chi connectivity index (χ1n) is 7.24. The van der Waals surface area contributed by atoms with E-state index in [1.807, 2.05) is 4.57 Å². The number of H-pyrrole nitrogens is 1. The average Bonchev–Trinajstić information content (AvgIpc) is 3.16. The average molecular weight is 284 g/mol. The van der Waals surface area contributed by atoms with Crippen molar-refractivity contribution in [3.05, 3.63) is 10.5 Å². The Balaban J connectivity index is 2.01. The molecule has 0 spiro atoms. The quantitative estimate of drug-likeness (QED) is 0.718. The molecule has 0 saturated heterocycles. The largest absolute Gasteiger partial charge is 0.344 e. The lowest BCUT2D eigenvalue weighted by atomic mass is 10.1. The van der Waals surface area contributed by atoms with Gasteiger partial charge in [0.25, 0.3) is 0 Å². The van der Waals surface area contributed by atoms with Crippen LogP contribution in [0.1, 0.15) is 52.5 Å². The van der Waals surface area contributed by atoms with E-state index in [1.165, 1.54) is 0 Å². The molecule has 1 heterocycles. The number of nitrogens with one attached hydrogen (secondary N) is 2.